The molecule has 0 aliphatic rings. The average Bonchev–Trinajstić information content (AvgIpc) is 2.37. The van der Waals surface area contributed by atoms with Crippen molar-refractivity contribution < 1.29 is 13.0 Å². The van der Waals surface area contributed by atoms with Crippen LogP contribution in [-0.4, -0.2) is 13.0 Å². The number of benzene rings is 2. The maximum Gasteiger partial charge on any atom is 0.290 e. The van der Waals surface area contributed by atoms with Gasteiger partial charge >= 0.3 is 0 Å². The van der Waals surface area contributed by atoms with Gasteiger partial charge in [0.05, 0.1) is 0 Å². The predicted octanol–water partition coefficient (Wildman–Crippen LogP) is 3.34. The molecule has 0 amide bonds. The lowest BCUT2D eigenvalue weighted by Gasteiger charge is -2.17. The predicted molar refractivity (Wildman–Crippen MR) is 75.8 cm³/mol. The molecule has 2 aromatic rings. The number of hydrogen-bond donors (Lipinski definition) is 2. The van der Waals surface area contributed by atoms with Crippen molar-refractivity contribution in [3.63, 3.8) is 0 Å². The Morgan fingerprint density at radius 1 is 1.00 bits per heavy atom. The summed E-state index contributed by atoms with van der Waals surface area (Å²) in [5.74, 6) is 0. The molecule has 0 aromatic heterocycles. The third-order valence-corrected chi connectivity index (χ3v) is 3.78. The van der Waals surface area contributed by atoms with E-state index >= 15 is 0 Å². The summed E-state index contributed by atoms with van der Waals surface area (Å²) < 4.78 is 32.3. The van der Waals surface area contributed by atoms with Crippen molar-refractivity contribution in [1.29, 1.82) is 0 Å². The van der Waals surface area contributed by atoms with Crippen LogP contribution in [0.2, 0.25) is 5.02 Å². The Labute approximate surface area is 116 Å². The molecule has 1 atom stereocenters. The van der Waals surface area contributed by atoms with Crippen molar-refractivity contribution in [2.45, 2.75) is 5.37 Å². The Kier molecular flexibility index (Phi) is 4.09. The van der Waals surface area contributed by atoms with Gasteiger partial charge in [0, 0.05) is 10.7 Å². The average molecular weight is 298 g/mol. The van der Waals surface area contributed by atoms with Crippen LogP contribution >= 0.6 is 11.6 Å². The van der Waals surface area contributed by atoms with Crippen LogP contribution in [0.25, 0.3) is 0 Å². The fourth-order valence-corrected chi connectivity index (χ4v) is 2.57. The Morgan fingerprint density at radius 2 is 1.58 bits per heavy atom. The van der Waals surface area contributed by atoms with Gasteiger partial charge in [-0.3, -0.25) is 4.55 Å². The number of rotatable bonds is 4. The molecular weight excluding hydrogens is 286 g/mol. The molecule has 0 heterocycles. The van der Waals surface area contributed by atoms with E-state index in [1.807, 2.05) is 0 Å². The molecule has 0 fully saturated rings. The van der Waals surface area contributed by atoms with Crippen molar-refractivity contribution in [3.8, 4) is 0 Å². The van der Waals surface area contributed by atoms with Gasteiger partial charge in [-0.05, 0) is 29.8 Å². The van der Waals surface area contributed by atoms with Gasteiger partial charge in [-0.2, -0.15) is 8.42 Å². The van der Waals surface area contributed by atoms with E-state index in [9.17, 15) is 13.0 Å². The van der Waals surface area contributed by atoms with Gasteiger partial charge in [-0.1, -0.05) is 41.9 Å². The zero-order chi connectivity index (χ0) is 13.9. The number of halogens is 1. The lowest BCUT2D eigenvalue weighted by molar-refractivity contribution is 0.473. The Hall–Kier alpha value is -1.56. The molecule has 2 rings (SSSR count). The Morgan fingerprint density at radius 3 is 2.11 bits per heavy atom. The maximum absolute atomic E-state index is 11.5. The van der Waals surface area contributed by atoms with E-state index in [2.05, 4.69) is 5.32 Å². The standard InChI is InChI=1S/C13H12ClNO3S/c14-11-6-8-12(9-7-11)15-13(19(16,17)18)10-4-2-1-3-5-10/h1-9,13,15H,(H,16,17,18)/t13-/m1/s1. The zero-order valence-electron chi connectivity index (χ0n) is 9.82. The monoisotopic (exact) mass is 297 g/mol. The number of nitrogens with one attached hydrogen (secondary N) is 1. The fourth-order valence-electron chi connectivity index (χ4n) is 1.66. The largest absolute Gasteiger partial charge is 0.363 e. The molecule has 0 saturated carbocycles. The van der Waals surface area contributed by atoms with E-state index in [0.717, 1.165) is 0 Å². The summed E-state index contributed by atoms with van der Waals surface area (Å²) in [6.45, 7) is 0. The van der Waals surface area contributed by atoms with E-state index < -0.39 is 15.5 Å². The molecule has 0 saturated heterocycles. The topological polar surface area (TPSA) is 66.4 Å². The number of hydrogen-bond acceptors (Lipinski definition) is 3. The van der Waals surface area contributed by atoms with Gasteiger partial charge in [-0.25, -0.2) is 0 Å². The van der Waals surface area contributed by atoms with Crippen LogP contribution in [0.3, 0.4) is 0 Å². The lowest BCUT2D eigenvalue weighted by Crippen LogP contribution is -2.20. The van der Waals surface area contributed by atoms with Crippen molar-refractivity contribution >= 4 is 27.4 Å². The first-order chi connectivity index (χ1) is 8.97. The van der Waals surface area contributed by atoms with E-state index in [1.54, 1.807) is 54.6 Å². The molecule has 0 bridgehead atoms. The summed E-state index contributed by atoms with van der Waals surface area (Å²) in [6.07, 6.45) is 0. The fraction of sp³-hybridized carbons (Fsp3) is 0.0769. The third-order valence-electron chi connectivity index (χ3n) is 2.54. The molecule has 2 N–H and O–H groups in total. The van der Waals surface area contributed by atoms with Crippen molar-refractivity contribution in [1.82, 2.24) is 0 Å². The summed E-state index contributed by atoms with van der Waals surface area (Å²) in [7, 11) is -4.27. The summed E-state index contributed by atoms with van der Waals surface area (Å²) in [6, 6.07) is 15.0. The molecule has 0 unspecified atom stereocenters. The molecular formula is C13H12ClNO3S. The van der Waals surface area contributed by atoms with Gasteiger partial charge in [0.15, 0.2) is 5.37 Å². The van der Waals surface area contributed by atoms with Gasteiger partial charge in [0.25, 0.3) is 10.1 Å². The molecule has 0 aliphatic carbocycles. The van der Waals surface area contributed by atoms with Crippen LogP contribution in [0.15, 0.2) is 54.6 Å². The molecule has 0 aliphatic heterocycles. The summed E-state index contributed by atoms with van der Waals surface area (Å²) in [5, 5.41) is 2.10. The van der Waals surface area contributed by atoms with Crippen LogP contribution < -0.4 is 5.32 Å². The first kappa shape index (κ1) is 13.9. The van der Waals surface area contributed by atoms with Crippen LogP contribution in [0.4, 0.5) is 5.69 Å². The second-order valence-electron chi connectivity index (χ2n) is 3.96. The van der Waals surface area contributed by atoms with Gasteiger partial charge in [-0.15, -0.1) is 0 Å². The van der Waals surface area contributed by atoms with E-state index in [-0.39, 0.29) is 0 Å². The molecule has 4 nitrogen and oxygen atoms in total. The SMILES string of the molecule is O=S(=O)(O)[C@@H](Nc1ccc(Cl)cc1)c1ccccc1. The van der Waals surface area contributed by atoms with Gasteiger partial charge in [0.2, 0.25) is 0 Å². The van der Waals surface area contributed by atoms with Crippen LogP contribution in [0, 0.1) is 0 Å². The van der Waals surface area contributed by atoms with Crippen molar-refractivity contribution in [2.75, 3.05) is 5.32 Å². The highest BCUT2D eigenvalue weighted by Gasteiger charge is 2.24. The maximum atomic E-state index is 11.5. The second-order valence-corrected chi connectivity index (χ2v) is 5.89. The zero-order valence-corrected chi connectivity index (χ0v) is 11.4. The van der Waals surface area contributed by atoms with Crippen LogP contribution in [0.1, 0.15) is 10.9 Å². The first-order valence-electron chi connectivity index (χ1n) is 5.50. The molecule has 100 valence electrons. The van der Waals surface area contributed by atoms with Crippen LogP contribution in [0.5, 0.6) is 0 Å². The summed E-state index contributed by atoms with van der Waals surface area (Å²) in [5.41, 5.74) is 1.01. The Bertz CT molecular complexity index is 641. The highest BCUT2D eigenvalue weighted by atomic mass is 35.5. The summed E-state index contributed by atoms with van der Waals surface area (Å²) >= 11 is 5.76. The second kappa shape index (κ2) is 5.61. The minimum absolute atomic E-state index is 0.458. The lowest BCUT2D eigenvalue weighted by atomic mass is 10.2. The smallest absolute Gasteiger partial charge is 0.290 e. The van der Waals surface area contributed by atoms with Gasteiger partial charge in [0.1, 0.15) is 0 Å². The Balaban J connectivity index is 2.33. The highest BCUT2D eigenvalue weighted by molar-refractivity contribution is 7.86. The summed E-state index contributed by atoms with van der Waals surface area (Å²) in [4.78, 5) is 0. The van der Waals surface area contributed by atoms with Gasteiger partial charge < -0.3 is 5.32 Å². The molecule has 2 aromatic carbocycles. The van der Waals surface area contributed by atoms with Crippen LogP contribution in [-0.2, 0) is 10.1 Å². The van der Waals surface area contributed by atoms with Crippen molar-refractivity contribution in [3.05, 3.63) is 65.2 Å². The van der Waals surface area contributed by atoms with Crippen molar-refractivity contribution in [2.24, 2.45) is 0 Å². The highest BCUT2D eigenvalue weighted by Crippen LogP contribution is 2.24. The van der Waals surface area contributed by atoms with E-state index in [0.29, 0.717) is 16.3 Å². The normalized spacial score (nSPS) is 12.9. The molecule has 0 radical (unpaired) electrons. The third kappa shape index (κ3) is 3.70. The first-order valence-corrected chi connectivity index (χ1v) is 7.38. The molecule has 6 heteroatoms. The van der Waals surface area contributed by atoms with E-state index in [1.165, 1.54) is 0 Å². The molecule has 19 heavy (non-hydrogen) atoms. The quantitative estimate of drug-likeness (QED) is 0.850. The number of anilines is 1. The van der Waals surface area contributed by atoms with E-state index in [4.69, 9.17) is 11.6 Å². The molecule has 0 spiro atoms. The minimum atomic E-state index is -4.27. The minimum Gasteiger partial charge on any atom is -0.363 e.